The van der Waals surface area contributed by atoms with Gasteiger partial charge in [-0.1, -0.05) is 12.1 Å². The first-order chi connectivity index (χ1) is 14.8. The van der Waals surface area contributed by atoms with Crippen molar-refractivity contribution < 1.29 is 13.2 Å². The van der Waals surface area contributed by atoms with E-state index in [4.69, 9.17) is 0 Å². The molecule has 1 fully saturated rings. The summed E-state index contributed by atoms with van der Waals surface area (Å²) in [6, 6.07) is 13.5. The van der Waals surface area contributed by atoms with Gasteiger partial charge in [-0.25, -0.2) is 13.4 Å². The molecule has 0 spiro atoms. The van der Waals surface area contributed by atoms with Crippen LogP contribution in [0.15, 0.2) is 53.3 Å². The number of para-hydroxylation sites is 1. The van der Waals surface area contributed by atoms with Crippen molar-refractivity contribution in [3.63, 3.8) is 0 Å². The summed E-state index contributed by atoms with van der Waals surface area (Å²) in [5, 5.41) is 0.501. The predicted octanol–water partition coefficient (Wildman–Crippen LogP) is 2.51. The first kappa shape index (κ1) is 21.0. The summed E-state index contributed by atoms with van der Waals surface area (Å²) in [5.74, 6) is 0.332. The summed E-state index contributed by atoms with van der Waals surface area (Å²) in [6.45, 7) is 4.39. The van der Waals surface area contributed by atoms with Gasteiger partial charge in [0.1, 0.15) is 5.82 Å². The number of nitrogens with one attached hydrogen (secondary N) is 1. The van der Waals surface area contributed by atoms with E-state index < -0.39 is 10.0 Å². The Morgan fingerprint density at radius 3 is 2.52 bits per heavy atom. The van der Waals surface area contributed by atoms with Gasteiger partial charge in [-0.15, -0.1) is 0 Å². The fraction of sp³-hybridized carbons (Fsp3) is 0.318. The Balaban J connectivity index is 1.59. The Morgan fingerprint density at radius 1 is 1.16 bits per heavy atom. The number of hydrogen-bond acceptors (Lipinski definition) is 5. The molecule has 0 radical (unpaired) electrons. The zero-order chi connectivity index (χ0) is 22.2. The Labute approximate surface area is 180 Å². The molecular weight excluding hydrogens is 416 g/mol. The molecule has 0 bridgehead atoms. The molecule has 8 nitrogen and oxygen atoms in total. The van der Waals surface area contributed by atoms with Gasteiger partial charge in [0, 0.05) is 18.2 Å². The standard InChI is InChI=1S/C22H24N4O4S/c1-15(2)25(14-20-23-19-7-4-3-6-18(19)21(27)24-20)22(28)16-8-10-17(11-9-16)26-12-5-13-31(26,29)30/h3-4,6-11,15H,5,12-14H2,1-2H3,(H,23,24,27). The van der Waals surface area contributed by atoms with Gasteiger partial charge in [-0.05, 0) is 56.7 Å². The van der Waals surface area contributed by atoms with Crippen molar-refractivity contribution in [3.05, 3.63) is 70.3 Å². The number of H-pyrrole nitrogens is 1. The molecule has 1 saturated heterocycles. The van der Waals surface area contributed by atoms with E-state index >= 15 is 0 Å². The van der Waals surface area contributed by atoms with Crippen LogP contribution in [-0.4, -0.2) is 47.5 Å². The van der Waals surface area contributed by atoms with Crippen LogP contribution in [0.4, 0.5) is 5.69 Å². The highest BCUT2D eigenvalue weighted by molar-refractivity contribution is 7.93. The summed E-state index contributed by atoms with van der Waals surface area (Å²) in [5.41, 5.74) is 1.34. The molecular formula is C22H24N4O4S. The smallest absolute Gasteiger partial charge is 0.258 e. The second-order valence-electron chi connectivity index (χ2n) is 7.85. The summed E-state index contributed by atoms with van der Waals surface area (Å²) in [6.07, 6.45) is 0.598. The van der Waals surface area contributed by atoms with Crippen LogP contribution in [0, 0.1) is 0 Å². The van der Waals surface area contributed by atoms with Crippen molar-refractivity contribution in [2.75, 3.05) is 16.6 Å². The summed E-state index contributed by atoms with van der Waals surface area (Å²) < 4.78 is 25.6. The van der Waals surface area contributed by atoms with E-state index in [1.807, 2.05) is 19.9 Å². The second kappa shape index (κ2) is 8.14. The molecule has 0 saturated carbocycles. The number of anilines is 1. The van der Waals surface area contributed by atoms with Crippen LogP contribution in [-0.2, 0) is 16.6 Å². The van der Waals surface area contributed by atoms with Gasteiger partial charge in [-0.2, -0.15) is 0 Å². The number of fused-ring (bicyclic) bond motifs is 1. The van der Waals surface area contributed by atoms with Crippen LogP contribution in [0.5, 0.6) is 0 Å². The minimum absolute atomic E-state index is 0.136. The lowest BCUT2D eigenvalue weighted by atomic mass is 10.1. The molecule has 9 heteroatoms. The van der Waals surface area contributed by atoms with Gasteiger partial charge < -0.3 is 9.88 Å². The molecule has 0 unspecified atom stereocenters. The van der Waals surface area contributed by atoms with Gasteiger partial charge in [0.05, 0.1) is 28.9 Å². The molecule has 31 heavy (non-hydrogen) atoms. The fourth-order valence-electron chi connectivity index (χ4n) is 3.73. The fourth-order valence-corrected chi connectivity index (χ4v) is 5.29. The zero-order valence-corrected chi connectivity index (χ0v) is 18.2. The third-order valence-corrected chi connectivity index (χ3v) is 7.24. The average molecular weight is 441 g/mol. The molecule has 1 aliphatic heterocycles. The topological polar surface area (TPSA) is 103 Å². The number of rotatable bonds is 5. The van der Waals surface area contributed by atoms with Crippen LogP contribution >= 0.6 is 0 Å². The molecule has 162 valence electrons. The maximum Gasteiger partial charge on any atom is 0.258 e. The molecule has 4 rings (SSSR count). The maximum atomic E-state index is 13.2. The van der Waals surface area contributed by atoms with Crippen molar-refractivity contribution in [1.82, 2.24) is 14.9 Å². The van der Waals surface area contributed by atoms with E-state index in [9.17, 15) is 18.0 Å². The molecule has 0 atom stereocenters. The SMILES string of the molecule is CC(C)N(Cc1nc2ccccc2c(=O)[nH]1)C(=O)c1ccc(N2CCCS2(=O)=O)cc1. The molecule has 2 heterocycles. The van der Waals surface area contributed by atoms with Gasteiger partial charge in [0.25, 0.3) is 11.5 Å². The number of nitrogens with zero attached hydrogens (tertiary/aromatic N) is 3. The number of aromatic amines is 1. The molecule has 1 amide bonds. The van der Waals surface area contributed by atoms with Crippen molar-refractivity contribution in [2.24, 2.45) is 0 Å². The highest BCUT2D eigenvalue weighted by atomic mass is 32.2. The Hall–Kier alpha value is -3.20. The van der Waals surface area contributed by atoms with Crippen LogP contribution in [0.2, 0.25) is 0 Å². The number of benzene rings is 2. The van der Waals surface area contributed by atoms with E-state index in [0.717, 1.165) is 0 Å². The Morgan fingerprint density at radius 2 is 1.87 bits per heavy atom. The summed E-state index contributed by atoms with van der Waals surface area (Å²) in [7, 11) is -3.27. The monoisotopic (exact) mass is 440 g/mol. The third-order valence-electron chi connectivity index (χ3n) is 5.37. The highest BCUT2D eigenvalue weighted by Crippen LogP contribution is 2.25. The predicted molar refractivity (Wildman–Crippen MR) is 120 cm³/mol. The minimum Gasteiger partial charge on any atom is -0.329 e. The quantitative estimate of drug-likeness (QED) is 0.657. The molecule has 1 aromatic heterocycles. The van der Waals surface area contributed by atoms with Crippen molar-refractivity contribution in [1.29, 1.82) is 0 Å². The number of amides is 1. The lowest BCUT2D eigenvalue weighted by Crippen LogP contribution is -2.37. The Bertz CT molecular complexity index is 1280. The van der Waals surface area contributed by atoms with Crippen LogP contribution in [0.1, 0.15) is 36.5 Å². The number of hydrogen-bond donors (Lipinski definition) is 1. The zero-order valence-electron chi connectivity index (χ0n) is 17.4. The van der Waals surface area contributed by atoms with Crippen LogP contribution in [0.25, 0.3) is 10.9 Å². The molecule has 0 aliphatic carbocycles. The van der Waals surface area contributed by atoms with E-state index in [1.165, 1.54) is 4.31 Å². The molecule has 3 aromatic rings. The van der Waals surface area contributed by atoms with Crippen molar-refractivity contribution >= 4 is 32.5 Å². The maximum absolute atomic E-state index is 13.2. The number of aromatic nitrogens is 2. The van der Waals surface area contributed by atoms with Crippen LogP contribution in [0.3, 0.4) is 0 Å². The van der Waals surface area contributed by atoms with Crippen molar-refractivity contribution in [3.8, 4) is 0 Å². The average Bonchev–Trinajstić information content (AvgIpc) is 3.10. The molecule has 1 aliphatic rings. The van der Waals surface area contributed by atoms with Crippen molar-refractivity contribution in [2.45, 2.75) is 32.9 Å². The highest BCUT2D eigenvalue weighted by Gasteiger charge is 2.28. The lowest BCUT2D eigenvalue weighted by molar-refractivity contribution is 0.0685. The van der Waals surface area contributed by atoms with E-state index in [0.29, 0.717) is 40.9 Å². The van der Waals surface area contributed by atoms with E-state index in [2.05, 4.69) is 9.97 Å². The lowest BCUT2D eigenvalue weighted by Gasteiger charge is -2.26. The van der Waals surface area contributed by atoms with Crippen LogP contribution < -0.4 is 9.86 Å². The molecule has 2 aromatic carbocycles. The van der Waals surface area contributed by atoms with Gasteiger partial charge in [-0.3, -0.25) is 13.9 Å². The number of carbonyl (C=O) groups is 1. The largest absolute Gasteiger partial charge is 0.329 e. The Kier molecular flexibility index (Phi) is 5.53. The first-order valence-electron chi connectivity index (χ1n) is 10.2. The van der Waals surface area contributed by atoms with E-state index in [1.54, 1.807) is 47.4 Å². The first-order valence-corrected chi connectivity index (χ1v) is 11.8. The molecule has 1 N–H and O–H groups in total. The van der Waals surface area contributed by atoms with Gasteiger partial charge in [0.2, 0.25) is 10.0 Å². The van der Waals surface area contributed by atoms with Gasteiger partial charge in [0.15, 0.2) is 0 Å². The minimum atomic E-state index is -3.27. The number of sulfonamides is 1. The summed E-state index contributed by atoms with van der Waals surface area (Å²) in [4.78, 5) is 34.4. The summed E-state index contributed by atoms with van der Waals surface area (Å²) >= 11 is 0. The third kappa shape index (κ3) is 4.18. The second-order valence-corrected chi connectivity index (χ2v) is 9.86. The number of carbonyl (C=O) groups excluding carboxylic acids is 1. The normalized spacial score (nSPS) is 15.5. The van der Waals surface area contributed by atoms with E-state index in [-0.39, 0.29) is 29.8 Å². The van der Waals surface area contributed by atoms with Gasteiger partial charge >= 0.3 is 0 Å².